The molecule has 2 atom stereocenters. The van der Waals surface area contributed by atoms with E-state index in [1.807, 2.05) is 43.3 Å². The summed E-state index contributed by atoms with van der Waals surface area (Å²) in [5.41, 5.74) is 6.04. The first-order valence-corrected chi connectivity index (χ1v) is 13.8. The summed E-state index contributed by atoms with van der Waals surface area (Å²) >= 11 is 0. The molecule has 0 saturated heterocycles. The molecule has 228 valence electrons. The van der Waals surface area contributed by atoms with Gasteiger partial charge >= 0.3 is 12.0 Å². The van der Waals surface area contributed by atoms with Crippen LogP contribution in [0.1, 0.15) is 42.1 Å². The van der Waals surface area contributed by atoms with Crippen molar-refractivity contribution in [3.05, 3.63) is 100 Å². The fourth-order valence-corrected chi connectivity index (χ4v) is 4.37. The molecular weight excluding hydrogens is 566 g/mol. The molecule has 4 rings (SSSR count). The number of benzene rings is 3. The number of urea groups is 1. The van der Waals surface area contributed by atoms with Crippen LogP contribution in [-0.4, -0.2) is 49.9 Å². The second-order valence-electron chi connectivity index (χ2n) is 9.55. The summed E-state index contributed by atoms with van der Waals surface area (Å²) in [7, 11) is 1.27. The number of aliphatic hydroxyl groups is 1. The van der Waals surface area contributed by atoms with Crippen molar-refractivity contribution >= 4 is 18.2 Å². The highest BCUT2D eigenvalue weighted by Gasteiger charge is 2.32. The molecule has 4 N–H and O–H groups in total. The Bertz CT molecular complexity index is 1580. The van der Waals surface area contributed by atoms with E-state index in [1.165, 1.54) is 13.3 Å². The molecule has 0 aliphatic carbocycles. The zero-order valence-electron chi connectivity index (χ0n) is 24.5. The maximum atomic E-state index is 12.4. The number of allylic oxidation sites excluding steroid dienone is 1. The van der Waals surface area contributed by atoms with Crippen LogP contribution in [0.25, 0.3) is 0 Å². The van der Waals surface area contributed by atoms with Crippen LogP contribution in [0.3, 0.4) is 0 Å². The average molecular weight is 600 g/mol. The van der Waals surface area contributed by atoms with Crippen molar-refractivity contribution in [3.8, 4) is 23.3 Å². The number of esters is 1. The molecule has 44 heavy (non-hydrogen) atoms. The number of carbonyl (C=O) groups excluding carboxylic acids is 2. The smallest absolute Gasteiger partial charge is 0.337 e. The van der Waals surface area contributed by atoms with Crippen LogP contribution in [0, 0.1) is 11.3 Å². The van der Waals surface area contributed by atoms with Crippen LogP contribution >= 0.6 is 0 Å². The minimum absolute atomic E-state index is 0.163. The molecule has 12 heteroatoms. The van der Waals surface area contributed by atoms with Gasteiger partial charge in [0.05, 0.1) is 43.2 Å². The molecule has 0 bridgehead atoms. The number of amides is 2. The SMILES string of the molecule is CCOc1cc([C@@H]2NC(=O)NC(C)=C2C(=O)OC)ccc1OC[C@@H](O)N/N=C/c1ccccc1OCc1ccc(C#N)cc1. The quantitative estimate of drug-likeness (QED) is 0.0994. The summed E-state index contributed by atoms with van der Waals surface area (Å²) in [5.74, 6) is 0.736. The average Bonchev–Trinajstić information content (AvgIpc) is 3.03. The van der Waals surface area contributed by atoms with E-state index in [0.29, 0.717) is 52.8 Å². The van der Waals surface area contributed by atoms with E-state index in [1.54, 1.807) is 37.3 Å². The highest BCUT2D eigenvalue weighted by Crippen LogP contribution is 2.35. The zero-order valence-corrected chi connectivity index (χ0v) is 24.5. The van der Waals surface area contributed by atoms with Gasteiger partial charge < -0.3 is 34.7 Å². The maximum Gasteiger partial charge on any atom is 0.337 e. The lowest BCUT2D eigenvalue weighted by Crippen LogP contribution is -2.45. The topological polar surface area (TPSA) is 164 Å². The second kappa shape index (κ2) is 15.1. The van der Waals surface area contributed by atoms with Crippen molar-refractivity contribution in [2.45, 2.75) is 32.7 Å². The van der Waals surface area contributed by atoms with Gasteiger partial charge in [-0.05, 0) is 61.4 Å². The molecule has 2 amide bonds. The monoisotopic (exact) mass is 599 g/mol. The highest BCUT2D eigenvalue weighted by molar-refractivity contribution is 5.95. The highest BCUT2D eigenvalue weighted by atomic mass is 16.5. The largest absolute Gasteiger partial charge is 0.490 e. The van der Waals surface area contributed by atoms with Gasteiger partial charge in [-0.15, -0.1) is 0 Å². The lowest BCUT2D eigenvalue weighted by Gasteiger charge is -2.28. The summed E-state index contributed by atoms with van der Waals surface area (Å²) in [4.78, 5) is 24.6. The van der Waals surface area contributed by atoms with Gasteiger partial charge in [-0.25, -0.2) is 9.59 Å². The number of rotatable bonds is 13. The molecule has 0 saturated carbocycles. The minimum Gasteiger partial charge on any atom is -0.490 e. The van der Waals surface area contributed by atoms with Crippen molar-refractivity contribution in [3.63, 3.8) is 0 Å². The van der Waals surface area contributed by atoms with Crippen molar-refractivity contribution in [2.24, 2.45) is 5.10 Å². The summed E-state index contributed by atoms with van der Waals surface area (Å²) in [6, 6.07) is 20.3. The van der Waals surface area contributed by atoms with E-state index in [9.17, 15) is 14.7 Å². The molecule has 3 aromatic carbocycles. The number of hydrogen-bond donors (Lipinski definition) is 4. The van der Waals surface area contributed by atoms with Gasteiger partial charge in [-0.2, -0.15) is 10.4 Å². The summed E-state index contributed by atoms with van der Waals surface area (Å²) in [5, 5.41) is 28.9. The maximum absolute atomic E-state index is 12.4. The fourth-order valence-electron chi connectivity index (χ4n) is 4.37. The van der Waals surface area contributed by atoms with Gasteiger partial charge in [0.25, 0.3) is 0 Å². The Labute approximate surface area is 254 Å². The molecule has 0 fully saturated rings. The van der Waals surface area contributed by atoms with Crippen molar-refractivity contribution in [1.29, 1.82) is 5.26 Å². The second-order valence-corrected chi connectivity index (χ2v) is 9.55. The van der Waals surface area contributed by atoms with E-state index in [4.69, 9.17) is 24.2 Å². The molecule has 1 aliphatic heterocycles. The van der Waals surface area contributed by atoms with E-state index >= 15 is 0 Å². The number of carbonyl (C=O) groups is 2. The molecule has 0 aromatic heterocycles. The molecule has 1 heterocycles. The number of aliphatic hydroxyl groups excluding tert-OH is 1. The fraction of sp³-hybridized carbons (Fsp3) is 0.250. The molecule has 0 radical (unpaired) electrons. The van der Waals surface area contributed by atoms with Gasteiger partial charge in [0.2, 0.25) is 0 Å². The van der Waals surface area contributed by atoms with Gasteiger partial charge in [0, 0.05) is 11.3 Å². The summed E-state index contributed by atoms with van der Waals surface area (Å²) < 4.78 is 22.4. The summed E-state index contributed by atoms with van der Waals surface area (Å²) in [6.45, 7) is 3.91. The van der Waals surface area contributed by atoms with E-state index < -0.39 is 24.3 Å². The number of para-hydroxylation sites is 1. The van der Waals surface area contributed by atoms with Crippen LogP contribution in [0.5, 0.6) is 17.2 Å². The predicted molar refractivity (Wildman–Crippen MR) is 161 cm³/mol. The third-order valence-electron chi connectivity index (χ3n) is 6.50. The molecule has 1 aliphatic rings. The third-order valence-corrected chi connectivity index (χ3v) is 6.50. The summed E-state index contributed by atoms with van der Waals surface area (Å²) in [6.07, 6.45) is 0.367. The van der Waals surface area contributed by atoms with Crippen LogP contribution in [0.15, 0.2) is 83.1 Å². The standard InChI is InChI=1S/C32H33N5O7/c1-4-42-27-15-23(30-29(31(39)41-3)20(2)35-32(40)36-30)13-14-26(27)44-19-28(38)37-34-17-24-7-5-6-8-25(24)43-18-22-11-9-21(16-33)10-12-22/h5-15,17,28,30,37-38H,4,18-19H2,1-3H3,(H2,35,36,40)/b34-17+/t28-,30+/m1/s1. The Morgan fingerprint density at radius 3 is 2.59 bits per heavy atom. The molecule has 12 nitrogen and oxygen atoms in total. The van der Waals surface area contributed by atoms with Crippen molar-refractivity contribution < 1.29 is 33.6 Å². The lowest BCUT2D eigenvalue weighted by molar-refractivity contribution is -0.136. The Morgan fingerprint density at radius 1 is 1.09 bits per heavy atom. The normalized spacial score (nSPS) is 15.1. The first-order chi connectivity index (χ1) is 21.3. The van der Waals surface area contributed by atoms with Gasteiger partial charge in [-0.3, -0.25) is 5.43 Å². The number of nitriles is 1. The number of methoxy groups -OCH3 is 1. The predicted octanol–water partition coefficient (Wildman–Crippen LogP) is 3.66. The number of hydrogen-bond acceptors (Lipinski definition) is 10. The van der Waals surface area contributed by atoms with E-state index in [2.05, 4.69) is 27.2 Å². The Morgan fingerprint density at radius 2 is 1.86 bits per heavy atom. The zero-order chi connectivity index (χ0) is 31.5. The van der Waals surface area contributed by atoms with Crippen LogP contribution in [0.4, 0.5) is 4.79 Å². The molecule has 3 aromatic rings. The number of hydrazone groups is 1. The Hall–Kier alpha value is -5.54. The van der Waals surface area contributed by atoms with E-state index in [0.717, 1.165) is 5.56 Å². The van der Waals surface area contributed by atoms with Crippen molar-refractivity contribution in [1.82, 2.24) is 16.1 Å². The first-order valence-electron chi connectivity index (χ1n) is 13.8. The Kier molecular flexibility index (Phi) is 10.8. The minimum atomic E-state index is -1.16. The molecule has 0 spiro atoms. The third kappa shape index (κ3) is 8.05. The van der Waals surface area contributed by atoms with Crippen molar-refractivity contribution in [2.75, 3.05) is 20.3 Å². The van der Waals surface area contributed by atoms with E-state index in [-0.39, 0.29) is 12.2 Å². The number of nitrogens with zero attached hydrogens (tertiary/aromatic N) is 2. The lowest BCUT2D eigenvalue weighted by atomic mass is 9.95. The van der Waals surface area contributed by atoms with Gasteiger partial charge in [0.1, 0.15) is 19.0 Å². The van der Waals surface area contributed by atoms with Crippen LogP contribution in [-0.2, 0) is 16.1 Å². The van der Waals surface area contributed by atoms with Gasteiger partial charge in [-0.1, -0.05) is 30.3 Å². The van der Waals surface area contributed by atoms with Gasteiger partial charge in [0.15, 0.2) is 17.7 Å². The molecular formula is C32H33N5O7. The number of ether oxygens (including phenoxy) is 4. The number of nitrogens with one attached hydrogen (secondary N) is 3. The van der Waals surface area contributed by atoms with Crippen LogP contribution in [0.2, 0.25) is 0 Å². The Balaban J connectivity index is 1.38. The van der Waals surface area contributed by atoms with Crippen LogP contribution < -0.4 is 30.3 Å². The molecule has 0 unspecified atom stereocenters. The first kappa shape index (κ1) is 31.4.